The Labute approximate surface area is 328 Å². The van der Waals surface area contributed by atoms with Crippen LogP contribution in [0.2, 0.25) is 0 Å². The van der Waals surface area contributed by atoms with Gasteiger partial charge in [-0.3, -0.25) is 9.36 Å². The molecule has 2 N–H and O–H groups in total. The number of unbranched alkanes of at least 4 members (excludes halogenated alkanes) is 25. The fourth-order valence-corrected chi connectivity index (χ4v) is 7.05. The van der Waals surface area contributed by atoms with Crippen LogP contribution in [0.3, 0.4) is 0 Å². The van der Waals surface area contributed by atoms with Crippen molar-refractivity contribution in [1.29, 1.82) is 0 Å². The average Bonchev–Trinajstić information content (AvgIpc) is 3.10. The van der Waals surface area contributed by atoms with Crippen molar-refractivity contribution in [3.05, 3.63) is 24.3 Å². The lowest BCUT2D eigenvalue weighted by atomic mass is 10.0. The molecule has 0 spiro atoms. The maximum Gasteiger partial charge on any atom is 0.268 e. The molecule has 0 saturated heterocycles. The van der Waals surface area contributed by atoms with Crippen LogP contribution in [-0.2, 0) is 18.4 Å². The van der Waals surface area contributed by atoms with Gasteiger partial charge in [-0.25, -0.2) is 0 Å². The van der Waals surface area contributed by atoms with E-state index in [0.29, 0.717) is 17.4 Å². The maximum absolute atomic E-state index is 12.8. The lowest BCUT2D eigenvalue weighted by Crippen LogP contribution is -2.45. The number of allylic oxidation sites excluding steroid dienone is 3. The number of quaternary nitrogens is 1. The van der Waals surface area contributed by atoms with E-state index >= 15 is 0 Å². The van der Waals surface area contributed by atoms with Gasteiger partial charge in [-0.05, 0) is 44.9 Å². The number of likely N-dealkylation sites (N-methyl/N-ethyl adjacent to an activating group) is 1. The molecule has 0 aromatic heterocycles. The second-order valence-corrected chi connectivity index (χ2v) is 17.8. The Hall–Kier alpha value is -1.02. The molecule has 0 aromatic rings. The molecule has 0 fully saturated rings. The molecule has 0 heterocycles. The minimum absolute atomic E-state index is 0.00267. The van der Waals surface area contributed by atoms with E-state index in [1.54, 1.807) is 6.08 Å². The molecule has 0 bridgehead atoms. The summed E-state index contributed by atoms with van der Waals surface area (Å²) in [4.78, 5) is 25.2. The Morgan fingerprint density at radius 2 is 1.04 bits per heavy atom. The van der Waals surface area contributed by atoms with Gasteiger partial charge in [0.1, 0.15) is 13.2 Å². The van der Waals surface area contributed by atoms with Gasteiger partial charge in [0.15, 0.2) is 0 Å². The summed E-state index contributed by atoms with van der Waals surface area (Å²) in [6, 6.07) is -0.890. The number of nitrogens with zero attached hydrogens (tertiary/aromatic N) is 1. The van der Waals surface area contributed by atoms with Crippen molar-refractivity contribution in [2.75, 3.05) is 40.9 Å². The molecule has 0 aliphatic heterocycles. The monoisotopic (exact) mass is 771 g/mol. The molecule has 0 aliphatic rings. The number of aliphatic hydroxyl groups is 1. The SMILES string of the molecule is CCCCCCCC/C=C\CCCCCC(=O)NC(COP(=O)([O-])OCC[N+](C)(C)C)C(O)/C=C/CCCCCCCCCCCCCCCCCC. The molecular weight excluding hydrogens is 683 g/mol. The first-order valence-corrected chi connectivity index (χ1v) is 23.7. The summed E-state index contributed by atoms with van der Waals surface area (Å²) < 4.78 is 23.2. The van der Waals surface area contributed by atoms with Crippen LogP contribution in [0, 0.1) is 0 Å². The largest absolute Gasteiger partial charge is 0.756 e. The van der Waals surface area contributed by atoms with Crippen molar-refractivity contribution in [2.24, 2.45) is 0 Å². The summed E-state index contributed by atoms with van der Waals surface area (Å²) in [5.41, 5.74) is 0. The minimum atomic E-state index is -4.59. The average molecular weight is 771 g/mol. The zero-order valence-electron chi connectivity index (χ0n) is 35.5. The zero-order chi connectivity index (χ0) is 39.3. The van der Waals surface area contributed by atoms with Crippen molar-refractivity contribution in [3.63, 3.8) is 0 Å². The van der Waals surface area contributed by atoms with E-state index in [-0.39, 0.29) is 19.1 Å². The highest BCUT2D eigenvalue weighted by atomic mass is 31.2. The van der Waals surface area contributed by atoms with E-state index in [1.807, 2.05) is 27.2 Å². The van der Waals surface area contributed by atoms with Crippen LogP contribution in [-0.4, -0.2) is 68.5 Å². The smallest absolute Gasteiger partial charge is 0.268 e. The first-order valence-electron chi connectivity index (χ1n) is 22.2. The van der Waals surface area contributed by atoms with Crippen LogP contribution in [0.4, 0.5) is 0 Å². The number of hydrogen-bond acceptors (Lipinski definition) is 6. The molecule has 3 atom stereocenters. The molecule has 0 rings (SSSR count). The lowest BCUT2D eigenvalue weighted by molar-refractivity contribution is -0.870. The van der Waals surface area contributed by atoms with Crippen molar-refractivity contribution in [2.45, 2.75) is 212 Å². The van der Waals surface area contributed by atoms with Crippen molar-refractivity contribution in [3.8, 4) is 0 Å². The normalized spacial score (nSPS) is 14.6. The van der Waals surface area contributed by atoms with E-state index in [2.05, 4.69) is 31.3 Å². The Kier molecular flexibility index (Phi) is 35.9. The van der Waals surface area contributed by atoms with Crippen molar-refractivity contribution >= 4 is 13.7 Å². The molecule has 0 aliphatic carbocycles. The standard InChI is InChI=1S/C44H87N2O6P/c1-6-8-10-12-14-16-18-20-21-22-23-24-26-27-29-31-33-35-37-43(47)42(41-52-53(49,50)51-40-39-46(3,4)5)45-44(48)38-36-34-32-30-28-25-19-17-15-13-11-9-7-2/h25,28,35,37,42-43,47H,6-24,26-27,29-34,36,38-41H2,1-5H3,(H-,45,48,49,50)/b28-25-,37-35+. The molecule has 0 aromatic carbocycles. The quantitative estimate of drug-likeness (QED) is 0.0278. The van der Waals surface area contributed by atoms with Gasteiger partial charge in [0.2, 0.25) is 5.91 Å². The number of nitrogens with one attached hydrogen (secondary N) is 1. The van der Waals surface area contributed by atoms with Crippen LogP contribution >= 0.6 is 7.82 Å². The third-order valence-electron chi connectivity index (χ3n) is 9.91. The molecule has 0 saturated carbocycles. The maximum atomic E-state index is 12.8. The summed E-state index contributed by atoms with van der Waals surface area (Å²) in [6.45, 7) is 4.63. The molecular formula is C44H87N2O6P. The molecule has 53 heavy (non-hydrogen) atoms. The van der Waals surface area contributed by atoms with Gasteiger partial charge in [0.25, 0.3) is 7.82 Å². The summed E-state index contributed by atoms with van der Waals surface area (Å²) in [7, 11) is 1.25. The summed E-state index contributed by atoms with van der Waals surface area (Å²) in [5.74, 6) is -0.214. The van der Waals surface area contributed by atoms with Gasteiger partial charge < -0.3 is 28.8 Å². The number of phosphoric acid groups is 1. The highest BCUT2D eigenvalue weighted by Crippen LogP contribution is 2.38. The van der Waals surface area contributed by atoms with E-state index in [0.717, 1.165) is 51.4 Å². The predicted octanol–water partition coefficient (Wildman–Crippen LogP) is 11.5. The van der Waals surface area contributed by atoms with Crippen LogP contribution in [0.15, 0.2) is 24.3 Å². The molecule has 8 nitrogen and oxygen atoms in total. The number of rotatable bonds is 40. The van der Waals surface area contributed by atoms with Crippen LogP contribution in [0.25, 0.3) is 0 Å². The van der Waals surface area contributed by atoms with E-state index < -0.39 is 20.0 Å². The molecule has 314 valence electrons. The van der Waals surface area contributed by atoms with E-state index in [4.69, 9.17) is 9.05 Å². The first-order chi connectivity index (χ1) is 25.5. The van der Waals surface area contributed by atoms with Crippen LogP contribution < -0.4 is 10.2 Å². The van der Waals surface area contributed by atoms with Gasteiger partial charge in [0.05, 0.1) is 39.9 Å². The minimum Gasteiger partial charge on any atom is -0.756 e. The molecule has 3 unspecified atom stereocenters. The fourth-order valence-electron chi connectivity index (χ4n) is 6.32. The molecule has 1 amide bonds. The number of hydrogen-bond donors (Lipinski definition) is 2. The first kappa shape index (κ1) is 52.0. The summed E-state index contributed by atoms with van der Waals surface area (Å²) in [5, 5.41) is 13.8. The number of carbonyl (C=O) groups excluding carboxylic acids is 1. The second kappa shape index (κ2) is 36.6. The van der Waals surface area contributed by atoms with Gasteiger partial charge >= 0.3 is 0 Å². The fraction of sp³-hybridized carbons (Fsp3) is 0.886. The number of phosphoric ester groups is 1. The van der Waals surface area contributed by atoms with Gasteiger partial charge in [-0.15, -0.1) is 0 Å². The number of aliphatic hydroxyl groups excluding tert-OH is 1. The van der Waals surface area contributed by atoms with E-state index in [1.165, 1.54) is 128 Å². The van der Waals surface area contributed by atoms with Crippen molar-refractivity contribution in [1.82, 2.24) is 5.32 Å². The third kappa shape index (κ3) is 39.0. The third-order valence-corrected chi connectivity index (χ3v) is 10.9. The second-order valence-electron chi connectivity index (χ2n) is 16.4. The Balaban J connectivity index is 4.43. The summed E-state index contributed by atoms with van der Waals surface area (Å²) in [6.07, 6.45) is 42.2. The van der Waals surface area contributed by atoms with Gasteiger partial charge in [-0.1, -0.05) is 173 Å². The Morgan fingerprint density at radius 1 is 0.642 bits per heavy atom. The topological polar surface area (TPSA) is 108 Å². The predicted molar refractivity (Wildman–Crippen MR) is 224 cm³/mol. The highest BCUT2D eigenvalue weighted by Gasteiger charge is 2.23. The molecule has 0 radical (unpaired) electrons. The zero-order valence-corrected chi connectivity index (χ0v) is 36.4. The number of amides is 1. The van der Waals surface area contributed by atoms with Crippen LogP contribution in [0.5, 0.6) is 0 Å². The van der Waals surface area contributed by atoms with Crippen molar-refractivity contribution < 1.29 is 32.9 Å². The Bertz CT molecular complexity index is 922. The number of carbonyl (C=O) groups is 1. The molecule has 9 heteroatoms. The van der Waals surface area contributed by atoms with Crippen LogP contribution in [0.1, 0.15) is 200 Å². The Morgan fingerprint density at radius 3 is 1.47 bits per heavy atom. The lowest BCUT2D eigenvalue weighted by Gasteiger charge is -2.29. The van der Waals surface area contributed by atoms with Gasteiger partial charge in [-0.2, -0.15) is 0 Å². The summed E-state index contributed by atoms with van der Waals surface area (Å²) >= 11 is 0. The highest BCUT2D eigenvalue weighted by molar-refractivity contribution is 7.45. The van der Waals surface area contributed by atoms with Gasteiger partial charge in [0, 0.05) is 6.42 Å². The van der Waals surface area contributed by atoms with E-state index in [9.17, 15) is 19.4 Å².